The largest absolute Gasteiger partial charge is 0.331 e. The van der Waals surface area contributed by atoms with Gasteiger partial charge < -0.3 is 9.47 Å². The van der Waals surface area contributed by atoms with E-state index in [1.54, 1.807) is 35.0 Å². The zero-order valence-corrected chi connectivity index (χ0v) is 8.04. The lowest BCUT2D eigenvalue weighted by atomic mass is 10.5. The van der Waals surface area contributed by atoms with Gasteiger partial charge in [-0.15, -0.1) is 11.8 Å². The predicted molar refractivity (Wildman–Crippen MR) is 51.3 cm³/mol. The van der Waals surface area contributed by atoms with Crippen LogP contribution in [0.15, 0.2) is 18.7 Å². The fraction of sp³-hybridized carbons (Fsp3) is 0.500. The van der Waals surface area contributed by atoms with E-state index in [0.717, 1.165) is 18.2 Å². The first-order chi connectivity index (χ1) is 6.36. The fourth-order valence-corrected chi connectivity index (χ4v) is 2.22. The molecule has 0 N–H and O–H groups in total. The van der Waals surface area contributed by atoms with Crippen LogP contribution in [0.1, 0.15) is 0 Å². The molecule has 0 radical (unpaired) electrons. The highest BCUT2D eigenvalue weighted by Gasteiger charge is 2.17. The van der Waals surface area contributed by atoms with Gasteiger partial charge in [-0.05, 0) is 0 Å². The zero-order chi connectivity index (χ0) is 9.10. The molecule has 0 atom stereocenters. The molecule has 1 saturated heterocycles. The Morgan fingerprint density at radius 3 is 3.15 bits per heavy atom. The average Bonchev–Trinajstić information content (AvgIpc) is 2.74. The summed E-state index contributed by atoms with van der Waals surface area (Å²) < 4.78 is 1.80. The summed E-state index contributed by atoms with van der Waals surface area (Å²) >= 11 is 1.80. The van der Waals surface area contributed by atoms with Crippen LogP contribution >= 0.6 is 11.8 Å². The van der Waals surface area contributed by atoms with Crippen molar-refractivity contribution in [2.24, 2.45) is 0 Å². The maximum atomic E-state index is 11.6. The Bertz CT molecular complexity index is 280. The molecule has 0 aliphatic carbocycles. The average molecular weight is 197 g/mol. The van der Waals surface area contributed by atoms with Crippen molar-refractivity contribution >= 4 is 17.7 Å². The molecule has 1 aliphatic heterocycles. The van der Waals surface area contributed by atoms with Gasteiger partial charge in [0.1, 0.15) is 6.54 Å². The molecular weight excluding hydrogens is 186 g/mol. The third-order valence-corrected chi connectivity index (χ3v) is 2.95. The van der Waals surface area contributed by atoms with Crippen LogP contribution < -0.4 is 0 Å². The van der Waals surface area contributed by atoms with E-state index in [1.165, 1.54) is 0 Å². The Morgan fingerprint density at radius 2 is 2.54 bits per heavy atom. The maximum Gasteiger partial charge on any atom is 0.243 e. The zero-order valence-electron chi connectivity index (χ0n) is 7.22. The van der Waals surface area contributed by atoms with Crippen molar-refractivity contribution in [2.75, 3.05) is 18.2 Å². The Hall–Kier alpha value is -0.970. The number of hydrogen-bond donors (Lipinski definition) is 0. The van der Waals surface area contributed by atoms with Crippen molar-refractivity contribution in [3.05, 3.63) is 18.7 Å². The van der Waals surface area contributed by atoms with E-state index in [2.05, 4.69) is 4.98 Å². The number of thioether (sulfide) groups is 1. The highest BCUT2D eigenvalue weighted by Crippen LogP contribution is 2.13. The lowest BCUT2D eigenvalue weighted by Gasteiger charge is -2.14. The third kappa shape index (κ3) is 2.03. The van der Waals surface area contributed by atoms with E-state index in [9.17, 15) is 4.79 Å². The number of rotatable bonds is 2. The minimum Gasteiger partial charge on any atom is -0.331 e. The fourth-order valence-electron chi connectivity index (χ4n) is 1.25. The van der Waals surface area contributed by atoms with Gasteiger partial charge in [0.2, 0.25) is 5.91 Å². The van der Waals surface area contributed by atoms with Gasteiger partial charge in [-0.3, -0.25) is 4.79 Å². The first kappa shape index (κ1) is 8.62. The van der Waals surface area contributed by atoms with Crippen molar-refractivity contribution in [2.45, 2.75) is 6.54 Å². The lowest BCUT2D eigenvalue weighted by Crippen LogP contribution is -2.30. The molecule has 1 aliphatic rings. The maximum absolute atomic E-state index is 11.6. The first-order valence-electron chi connectivity index (χ1n) is 4.17. The van der Waals surface area contributed by atoms with Crippen LogP contribution in [0.2, 0.25) is 0 Å². The van der Waals surface area contributed by atoms with E-state index in [-0.39, 0.29) is 5.91 Å². The van der Waals surface area contributed by atoms with Gasteiger partial charge in [-0.25, -0.2) is 4.98 Å². The van der Waals surface area contributed by atoms with E-state index in [0.29, 0.717) is 6.54 Å². The van der Waals surface area contributed by atoms with Gasteiger partial charge in [0, 0.05) is 24.7 Å². The molecule has 1 aromatic rings. The molecule has 0 aromatic carbocycles. The Morgan fingerprint density at radius 1 is 1.62 bits per heavy atom. The molecule has 1 fully saturated rings. The normalized spacial score (nSPS) is 16.5. The lowest BCUT2D eigenvalue weighted by molar-refractivity contribution is -0.130. The summed E-state index contributed by atoms with van der Waals surface area (Å²) in [7, 11) is 0. The molecule has 13 heavy (non-hydrogen) atoms. The monoisotopic (exact) mass is 197 g/mol. The highest BCUT2D eigenvalue weighted by molar-refractivity contribution is 7.99. The molecule has 1 amide bonds. The summed E-state index contributed by atoms with van der Waals surface area (Å²) in [6.07, 6.45) is 5.16. The van der Waals surface area contributed by atoms with Crippen LogP contribution in [0.3, 0.4) is 0 Å². The molecule has 0 bridgehead atoms. The second kappa shape index (κ2) is 3.83. The second-order valence-electron chi connectivity index (χ2n) is 2.93. The molecule has 2 rings (SSSR count). The highest BCUT2D eigenvalue weighted by atomic mass is 32.2. The summed E-state index contributed by atoms with van der Waals surface area (Å²) in [6, 6.07) is 0. The minimum absolute atomic E-state index is 0.183. The van der Waals surface area contributed by atoms with Crippen molar-refractivity contribution < 1.29 is 4.79 Å². The van der Waals surface area contributed by atoms with Crippen molar-refractivity contribution in [3.8, 4) is 0 Å². The van der Waals surface area contributed by atoms with E-state index >= 15 is 0 Å². The number of nitrogens with zero attached hydrogens (tertiary/aromatic N) is 3. The van der Waals surface area contributed by atoms with Gasteiger partial charge in [-0.1, -0.05) is 0 Å². The molecule has 4 nitrogen and oxygen atoms in total. The van der Waals surface area contributed by atoms with Gasteiger partial charge in [0.25, 0.3) is 0 Å². The Labute approximate surface area is 80.9 Å². The molecule has 1 aromatic heterocycles. The van der Waals surface area contributed by atoms with Crippen molar-refractivity contribution in [1.29, 1.82) is 0 Å². The van der Waals surface area contributed by atoms with Crippen LogP contribution in [0.25, 0.3) is 0 Å². The molecule has 5 heteroatoms. The molecule has 0 saturated carbocycles. The number of imidazole rings is 1. The second-order valence-corrected chi connectivity index (χ2v) is 4.00. The summed E-state index contributed by atoms with van der Waals surface area (Å²) in [5.41, 5.74) is 0. The number of aromatic nitrogens is 2. The Balaban J connectivity index is 1.91. The van der Waals surface area contributed by atoms with Crippen LogP contribution in [-0.4, -0.2) is 38.5 Å². The first-order valence-corrected chi connectivity index (χ1v) is 5.33. The number of hydrogen-bond acceptors (Lipinski definition) is 3. The van der Waals surface area contributed by atoms with Crippen LogP contribution in [0, 0.1) is 0 Å². The van der Waals surface area contributed by atoms with Crippen LogP contribution in [-0.2, 0) is 11.3 Å². The van der Waals surface area contributed by atoms with Crippen LogP contribution in [0.4, 0.5) is 0 Å². The molecule has 0 unspecified atom stereocenters. The summed E-state index contributed by atoms with van der Waals surface area (Å²) in [4.78, 5) is 17.3. The van der Waals surface area contributed by atoms with E-state index in [1.807, 2.05) is 4.90 Å². The van der Waals surface area contributed by atoms with E-state index < -0.39 is 0 Å². The number of carbonyl (C=O) groups is 1. The van der Waals surface area contributed by atoms with Crippen molar-refractivity contribution in [1.82, 2.24) is 14.5 Å². The predicted octanol–water partition coefficient (Wildman–Crippen LogP) is 0.416. The third-order valence-electron chi connectivity index (χ3n) is 1.98. The topological polar surface area (TPSA) is 38.1 Å². The Kier molecular flexibility index (Phi) is 2.54. The van der Waals surface area contributed by atoms with Gasteiger partial charge in [-0.2, -0.15) is 0 Å². The van der Waals surface area contributed by atoms with Gasteiger partial charge in [0.05, 0.1) is 12.2 Å². The molecule has 0 spiro atoms. The molecule has 70 valence electrons. The number of amides is 1. The van der Waals surface area contributed by atoms with Gasteiger partial charge in [0.15, 0.2) is 0 Å². The standard InChI is InChI=1S/C8H11N3OS/c12-8(11-3-4-13-7-11)5-10-2-1-9-6-10/h1-2,6H,3-5,7H2. The quantitative estimate of drug-likeness (QED) is 0.689. The van der Waals surface area contributed by atoms with Crippen molar-refractivity contribution in [3.63, 3.8) is 0 Å². The van der Waals surface area contributed by atoms with E-state index in [4.69, 9.17) is 0 Å². The number of carbonyl (C=O) groups excluding carboxylic acids is 1. The SMILES string of the molecule is O=C(Cn1ccnc1)N1CCSC1. The minimum atomic E-state index is 0.183. The van der Waals surface area contributed by atoms with Crippen LogP contribution in [0.5, 0.6) is 0 Å². The summed E-state index contributed by atoms with van der Waals surface area (Å²) in [5, 5.41) is 0. The smallest absolute Gasteiger partial charge is 0.243 e. The van der Waals surface area contributed by atoms with Gasteiger partial charge >= 0.3 is 0 Å². The molecule has 2 heterocycles. The molecular formula is C8H11N3OS. The summed E-state index contributed by atoms with van der Waals surface area (Å²) in [6.45, 7) is 1.30. The summed E-state index contributed by atoms with van der Waals surface area (Å²) in [5.74, 6) is 2.09.